The molecule has 0 fully saturated rings. The molecule has 0 radical (unpaired) electrons. The lowest BCUT2D eigenvalue weighted by molar-refractivity contribution is 0.357. The Labute approximate surface area is 137 Å². The van der Waals surface area contributed by atoms with Gasteiger partial charge in [0.25, 0.3) is 0 Å². The lowest BCUT2D eigenvalue weighted by Gasteiger charge is -2.30. The molecule has 0 aromatic heterocycles. The van der Waals surface area contributed by atoms with E-state index >= 15 is 0 Å². The van der Waals surface area contributed by atoms with Gasteiger partial charge in [0.2, 0.25) is 0 Å². The van der Waals surface area contributed by atoms with E-state index in [1.165, 1.54) is 35.5 Å². The number of hydrogen-bond acceptors (Lipinski definition) is 2. The van der Waals surface area contributed by atoms with Gasteiger partial charge in [-0.3, -0.25) is 0 Å². The average Bonchev–Trinajstić information content (AvgIpc) is 2.44. The summed E-state index contributed by atoms with van der Waals surface area (Å²) in [5.74, 6) is 2.71. The minimum atomic E-state index is 0.474. The summed E-state index contributed by atoms with van der Waals surface area (Å²) in [5, 5.41) is 4.67. The van der Waals surface area contributed by atoms with E-state index in [4.69, 9.17) is 11.6 Å². The smallest absolute Gasteiger partial charge is 0.0410 e. The molecule has 3 rings (SSSR count). The summed E-state index contributed by atoms with van der Waals surface area (Å²) in [4.78, 5) is 1.40. The molecule has 1 aliphatic carbocycles. The highest BCUT2D eigenvalue weighted by atomic mass is 35.5. The molecule has 1 N–H and O–H groups in total. The van der Waals surface area contributed by atoms with E-state index in [2.05, 4.69) is 37.4 Å². The van der Waals surface area contributed by atoms with Gasteiger partial charge in [0.05, 0.1) is 0 Å². The van der Waals surface area contributed by atoms with Crippen LogP contribution in [0.3, 0.4) is 0 Å². The van der Waals surface area contributed by atoms with Crippen molar-refractivity contribution in [3.8, 4) is 0 Å². The van der Waals surface area contributed by atoms with Gasteiger partial charge in [0.15, 0.2) is 0 Å². The number of thioether (sulfide) groups is 1. The third-order valence-electron chi connectivity index (χ3n) is 4.55. The summed E-state index contributed by atoms with van der Waals surface area (Å²) >= 11 is 8.14. The molecule has 0 amide bonds. The highest BCUT2D eigenvalue weighted by molar-refractivity contribution is 7.99. The normalized spacial score (nSPS) is 28.9. The zero-order chi connectivity index (χ0) is 14.8. The highest BCUT2D eigenvalue weighted by Gasteiger charge is 2.23. The van der Waals surface area contributed by atoms with Crippen LogP contribution in [0.25, 0.3) is 0 Å². The molecule has 1 aromatic carbocycles. The standard InChI is InChI=1S/C18H24ClNS/c1-12-7-13(2)9-14(8-12)11-20-17-5-6-21-18-4-3-15(19)10-16(17)18/h3-4,7,10,12,14,17,20H,5-6,8-9,11H2,1-2H3. The Morgan fingerprint density at radius 1 is 1.38 bits per heavy atom. The summed E-state index contributed by atoms with van der Waals surface area (Å²) in [6, 6.07) is 6.80. The number of nitrogens with one attached hydrogen (secondary N) is 1. The van der Waals surface area contributed by atoms with Crippen molar-refractivity contribution in [3.05, 3.63) is 40.4 Å². The quantitative estimate of drug-likeness (QED) is 0.742. The number of benzene rings is 1. The molecule has 1 heterocycles. The predicted octanol–water partition coefficient (Wildman–Crippen LogP) is 5.46. The van der Waals surface area contributed by atoms with E-state index < -0.39 is 0 Å². The topological polar surface area (TPSA) is 12.0 Å². The van der Waals surface area contributed by atoms with Crippen LogP contribution in [-0.2, 0) is 0 Å². The van der Waals surface area contributed by atoms with Crippen molar-refractivity contribution in [1.82, 2.24) is 5.32 Å². The van der Waals surface area contributed by atoms with Gasteiger partial charge in [0, 0.05) is 16.0 Å². The third-order valence-corrected chi connectivity index (χ3v) is 5.91. The van der Waals surface area contributed by atoms with E-state index in [0.717, 1.165) is 23.4 Å². The summed E-state index contributed by atoms with van der Waals surface area (Å²) in [6.07, 6.45) is 6.20. The molecular weight excluding hydrogens is 298 g/mol. The van der Waals surface area contributed by atoms with Crippen LogP contribution in [0.4, 0.5) is 0 Å². The first-order chi connectivity index (χ1) is 10.1. The van der Waals surface area contributed by atoms with Gasteiger partial charge in [-0.1, -0.05) is 30.2 Å². The van der Waals surface area contributed by atoms with Gasteiger partial charge >= 0.3 is 0 Å². The average molecular weight is 322 g/mol. The Morgan fingerprint density at radius 2 is 2.24 bits per heavy atom. The SMILES string of the molecule is CC1=CC(C)CC(CNC2CCSc3ccc(Cl)cc32)C1. The molecule has 1 aliphatic heterocycles. The van der Waals surface area contributed by atoms with Crippen molar-refractivity contribution >= 4 is 23.4 Å². The molecule has 2 aliphatic rings. The van der Waals surface area contributed by atoms with Crippen LogP contribution in [0.15, 0.2) is 34.7 Å². The molecular formula is C18H24ClNS. The molecule has 0 saturated carbocycles. The second kappa shape index (κ2) is 6.76. The van der Waals surface area contributed by atoms with Gasteiger partial charge in [0.1, 0.15) is 0 Å². The molecule has 0 saturated heterocycles. The molecule has 3 atom stereocenters. The largest absolute Gasteiger partial charge is 0.310 e. The maximum absolute atomic E-state index is 6.18. The fraction of sp³-hybridized carbons (Fsp3) is 0.556. The molecule has 3 heteroatoms. The minimum absolute atomic E-state index is 0.474. The van der Waals surface area contributed by atoms with Gasteiger partial charge in [-0.25, -0.2) is 0 Å². The first-order valence-corrected chi connectivity index (χ1v) is 9.31. The van der Waals surface area contributed by atoms with Gasteiger partial charge in [-0.15, -0.1) is 11.8 Å². The molecule has 0 spiro atoms. The first-order valence-electron chi connectivity index (χ1n) is 7.94. The van der Waals surface area contributed by atoms with Crippen molar-refractivity contribution < 1.29 is 0 Å². The lowest BCUT2D eigenvalue weighted by atomic mass is 9.83. The monoisotopic (exact) mass is 321 g/mol. The van der Waals surface area contributed by atoms with E-state index in [9.17, 15) is 0 Å². The highest BCUT2D eigenvalue weighted by Crippen LogP contribution is 2.38. The summed E-state index contributed by atoms with van der Waals surface area (Å²) in [6.45, 7) is 5.73. The first kappa shape index (κ1) is 15.5. The maximum Gasteiger partial charge on any atom is 0.0410 e. The van der Waals surface area contributed by atoms with Crippen LogP contribution in [0, 0.1) is 11.8 Å². The Kier molecular flexibility index (Phi) is 4.98. The van der Waals surface area contributed by atoms with Crippen LogP contribution in [0.2, 0.25) is 5.02 Å². The van der Waals surface area contributed by atoms with Gasteiger partial charge < -0.3 is 5.32 Å². The second-order valence-corrected chi connectivity index (χ2v) is 8.15. The van der Waals surface area contributed by atoms with E-state index in [0.29, 0.717) is 6.04 Å². The van der Waals surface area contributed by atoms with Crippen LogP contribution >= 0.6 is 23.4 Å². The van der Waals surface area contributed by atoms with Crippen LogP contribution in [0.5, 0.6) is 0 Å². The summed E-state index contributed by atoms with van der Waals surface area (Å²) < 4.78 is 0. The Morgan fingerprint density at radius 3 is 3.05 bits per heavy atom. The number of fused-ring (bicyclic) bond motifs is 1. The Hall–Kier alpha value is -0.440. The zero-order valence-corrected chi connectivity index (χ0v) is 14.4. The molecule has 114 valence electrons. The fourth-order valence-corrected chi connectivity index (χ4v) is 5.01. The van der Waals surface area contributed by atoms with Crippen LogP contribution in [-0.4, -0.2) is 12.3 Å². The lowest BCUT2D eigenvalue weighted by Crippen LogP contribution is -2.31. The zero-order valence-electron chi connectivity index (χ0n) is 12.9. The van der Waals surface area contributed by atoms with E-state index in [-0.39, 0.29) is 0 Å². The van der Waals surface area contributed by atoms with Crippen molar-refractivity contribution in [3.63, 3.8) is 0 Å². The summed E-state index contributed by atoms with van der Waals surface area (Å²) in [5.41, 5.74) is 2.96. The number of hydrogen-bond donors (Lipinski definition) is 1. The fourth-order valence-electron chi connectivity index (χ4n) is 3.73. The van der Waals surface area contributed by atoms with Crippen molar-refractivity contribution in [2.24, 2.45) is 11.8 Å². The van der Waals surface area contributed by atoms with E-state index in [1.807, 2.05) is 17.8 Å². The van der Waals surface area contributed by atoms with Crippen molar-refractivity contribution in [2.75, 3.05) is 12.3 Å². The maximum atomic E-state index is 6.18. The Bertz CT molecular complexity index is 540. The minimum Gasteiger partial charge on any atom is -0.310 e. The predicted molar refractivity (Wildman–Crippen MR) is 93.2 cm³/mol. The van der Waals surface area contributed by atoms with Gasteiger partial charge in [-0.2, -0.15) is 0 Å². The molecule has 1 aromatic rings. The summed E-state index contributed by atoms with van der Waals surface area (Å²) in [7, 11) is 0. The molecule has 0 bridgehead atoms. The van der Waals surface area contributed by atoms with Crippen LogP contribution < -0.4 is 5.32 Å². The van der Waals surface area contributed by atoms with Gasteiger partial charge in [-0.05, 0) is 74.1 Å². The number of halogens is 1. The van der Waals surface area contributed by atoms with Crippen molar-refractivity contribution in [2.45, 2.75) is 44.0 Å². The molecule has 1 nitrogen and oxygen atoms in total. The number of allylic oxidation sites excluding steroid dienone is 2. The molecule has 3 unspecified atom stereocenters. The van der Waals surface area contributed by atoms with Crippen molar-refractivity contribution in [1.29, 1.82) is 0 Å². The van der Waals surface area contributed by atoms with E-state index in [1.54, 1.807) is 5.57 Å². The Balaban J connectivity index is 1.65. The second-order valence-electron chi connectivity index (χ2n) is 6.58. The third kappa shape index (κ3) is 3.85. The number of rotatable bonds is 3. The molecule has 21 heavy (non-hydrogen) atoms. The van der Waals surface area contributed by atoms with Crippen LogP contribution in [0.1, 0.15) is 44.7 Å².